The van der Waals surface area contributed by atoms with E-state index in [2.05, 4.69) is 5.32 Å². The summed E-state index contributed by atoms with van der Waals surface area (Å²) < 4.78 is 13.5. The topological polar surface area (TPSA) is 72.2 Å². The molecule has 3 N–H and O–H groups in total. The summed E-state index contributed by atoms with van der Waals surface area (Å²) >= 11 is 0. The number of rotatable bonds is 6. The fraction of sp³-hybridized carbons (Fsp3) is 0.176. The third-order valence-electron chi connectivity index (χ3n) is 3.30. The highest BCUT2D eigenvalue weighted by molar-refractivity contribution is 5.87. The highest BCUT2D eigenvalue weighted by Crippen LogP contribution is 2.13. The van der Waals surface area contributed by atoms with Crippen LogP contribution in [0.5, 0.6) is 0 Å². The molecule has 1 atom stereocenters. The molecule has 2 aromatic carbocycles. The Morgan fingerprint density at radius 1 is 1.05 bits per heavy atom. The number of aryl methyl sites for hydroxylation is 1. The molecule has 4 nitrogen and oxygen atoms in total. The molecular weight excluding hydrogens is 283 g/mol. The maximum absolute atomic E-state index is 13.5. The Morgan fingerprint density at radius 2 is 1.68 bits per heavy atom. The lowest BCUT2D eigenvalue weighted by Gasteiger charge is -2.16. The number of halogens is 1. The first kappa shape index (κ1) is 15.7. The summed E-state index contributed by atoms with van der Waals surface area (Å²) in [4.78, 5) is 23.5. The van der Waals surface area contributed by atoms with E-state index in [0.717, 1.165) is 0 Å². The van der Waals surface area contributed by atoms with E-state index in [1.54, 1.807) is 42.5 Å². The third kappa shape index (κ3) is 4.15. The standard InChI is InChI=1S/C17H17FN2O2/c18-14-9-5-4-6-12(14)10-11-15(21)20-16(17(19)22)13-7-2-1-3-8-13/h1-9,16H,10-11H2,(H2,19,22)(H,20,21). The van der Waals surface area contributed by atoms with Crippen LogP contribution in [0.3, 0.4) is 0 Å². The monoisotopic (exact) mass is 300 g/mol. The second-order valence-corrected chi connectivity index (χ2v) is 4.90. The van der Waals surface area contributed by atoms with Gasteiger partial charge in [0.05, 0.1) is 0 Å². The van der Waals surface area contributed by atoms with Crippen LogP contribution in [0, 0.1) is 5.82 Å². The summed E-state index contributed by atoms with van der Waals surface area (Å²) in [6, 6.07) is 14.2. The molecule has 22 heavy (non-hydrogen) atoms. The molecular formula is C17H17FN2O2. The summed E-state index contributed by atoms with van der Waals surface area (Å²) in [6.45, 7) is 0. The molecule has 0 aliphatic carbocycles. The van der Waals surface area contributed by atoms with E-state index in [9.17, 15) is 14.0 Å². The van der Waals surface area contributed by atoms with Crippen molar-refractivity contribution in [2.45, 2.75) is 18.9 Å². The minimum Gasteiger partial charge on any atom is -0.368 e. The molecule has 0 spiro atoms. The van der Waals surface area contributed by atoms with Crippen LogP contribution in [-0.2, 0) is 16.0 Å². The van der Waals surface area contributed by atoms with Gasteiger partial charge in [0, 0.05) is 6.42 Å². The Hall–Kier alpha value is -2.69. The number of hydrogen-bond acceptors (Lipinski definition) is 2. The van der Waals surface area contributed by atoms with Crippen LogP contribution in [0.15, 0.2) is 54.6 Å². The minimum absolute atomic E-state index is 0.0809. The second-order valence-electron chi connectivity index (χ2n) is 4.90. The molecule has 0 heterocycles. The van der Waals surface area contributed by atoms with Crippen molar-refractivity contribution in [3.63, 3.8) is 0 Å². The predicted molar refractivity (Wildman–Crippen MR) is 81.2 cm³/mol. The van der Waals surface area contributed by atoms with Crippen LogP contribution in [0.1, 0.15) is 23.6 Å². The number of carbonyl (C=O) groups excluding carboxylic acids is 2. The fourth-order valence-corrected chi connectivity index (χ4v) is 2.15. The fourth-order valence-electron chi connectivity index (χ4n) is 2.15. The van der Waals surface area contributed by atoms with Crippen molar-refractivity contribution in [3.8, 4) is 0 Å². The Kier molecular flexibility index (Phi) is 5.25. The Balaban J connectivity index is 1.98. The normalized spacial score (nSPS) is 11.7. The van der Waals surface area contributed by atoms with Crippen LogP contribution < -0.4 is 11.1 Å². The molecule has 0 saturated carbocycles. The molecule has 0 radical (unpaired) electrons. The van der Waals surface area contributed by atoms with E-state index in [1.165, 1.54) is 6.07 Å². The van der Waals surface area contributed by atoms with Crippen LogP contribution in [-0.4, -0.2) is 11.8 Å². The van der Waals surface area contributed by atoms with Gasteiger partial charge in [0.1, 0.15) is 11.9 Å². The number of amides is 2. The summed E-state index contributed by atoms with van der Waals surface area (Å²) in [6.07, 6.45) is 0.344. The maximum atomic E-state index is 13.5. The lowest BCUT2D eigenvalue weighted by Crippen LogP contribution is -2.37. The van der Waals surface area contributed by atoms with Crippen LogP contribution >= 0.6 is 0 Å². The summed E-state index contributed by atoms with van der Waals surface area (Å²) in [5.74, 6) is -1.33. The molecule has 0 aromatic heterocycles. The van der Waals surface area contributed by atoms with E-state index in [0.29, 0.717) is 11.1 Å². The van der Waals surface area contributed by atoms with Gasteiger partial charge in [-0.05, 0) is 23.6 Å². The highest BCUT2D eigenvalue weighted by atomic mass is 19.1. The lowest BCUT2D eigenvalue weighted by atomic mass is 10.1. The molecule has 5 heteroatoms. The summed E-state index contributed by atoms with van der Waals surface area (Å²) in [5, 5.41) is 2.59. The second kappa shape index (κ2) is 7.36. The van der Waals surface area contributed by atoms with Gasteiger partial charge in [0.25, 0.3) is 0 Å². The average Bonchev–Trinajstić information content (AvgIpc) is 2.52. The Morgan fingerprint density at radius 3 is 2.32 bits per heavy atom. The quantitative estimate of drug-likeness (QED) is 0.857. The zero-order chi connectivity index (χ0) is 15.9. The van der Waals surface area contributed by atoms with Gasteiger partial charge in [-0.25, -0.2) is 4.39 Å². The van der Waals surface area contributed by atoms with Gasteiger partial charge < -0.3 is 11.1 Å². The third-order valence-corrected chi connectivity index (χ3v) is 3.30. The molecule has 0 bridgehead atoms. The molecule has 1 unspecified atom stereocenters. The first-order valence-electron chi connectivity index (χ1n) is 6.95. The molecule has 2 aromatic rings. The van der Waals surface area contributed by atoms with Gasteiger partial charge >= 0.3 is 0 Å². The van der Waals surface area contributed by atoms with Crippen molar-refractivity contribution in [2.75, 3.05) is 0 Å². The SMILES string of the molecule is NC(=O)C(NC(=O)CCc1ccccc1F)c1ccccc1. The van der Waals surface area contributed by atoms with Crippen LogP contribution in [0.4, 0.5) is 4.39 Å². The molecule has 0 aliphatic heterocycles. The highest BCUT2D eigenvalue weighted by Gasteiger charge is 2.19. The number of carbonyl (C=O) groups is 2. The smallest absolute Gasteiger partial charge is 0.244 e. The Bertz CT molecular complexity index is 659. The van der Waals surface area contributed by atoms with Gasteiger partial charge in [0.15, 0.2) is 0 Å². The first-order valence-corrected chi connectivity index (χ1v) is 6.95. The van der Waals surface area contributed by atoms with Gasteiger partial charge in [-0.1, -0.05) is 48.5 Å². The molecule has 2 amide bonds. The number of primary amides is 1. The van der Waals surface area contributed by atoms with Gasteiger partial charge in [-0.2, -0.15) is 0 Å². The van der Waals surface area contributed by atoms with Crippen molar-refractivity contribution in [2.24, 2.45) is 5.73 Å². The summed E-state index contributed by atoms with van der Waals surface area (Å²) in [7, 11) is 0. The van der Waals surface area contributed by atoms with E-state index in [4.69, 9.17) is 5.73 Å². The number of nitrogens with one attached hydrogen (secondary N) is 1. The van der Waals surface area contributed by atoms with Crippen molar-refractivity contribution < 1.29 is 14.0 Å². The van der Waals surface area contributed by atoms with Crippen molar-refractivity contribution in [1.82, 2.24) is 5.32 Å². The Labute approximate surface area is 128 Å². The van der Waals surface area contributed by atoms with E-state index in [-0.39, 0.29) is 24.6 Å². The zero-order valence-electron chi connectivity index (χ0n) is 12.0. The van der Waals surface area contributed by atoms with Crippen molar-refractivity contribution >= 4 is 11.8 Å². The van der Waals surface area contributed by atoms with Crippen molar-refractivity contribution in [1.29, 1.82) is 0 Å². The number of nitrogens with two attached hydrogens (primary N) is 1. The molecule has 114 valence electrons. The van der Waals surface area contributed by atoms with Crippen LogP contribution in [0.25, 0.3) is 0 Å². The van der Waals surface area contributed by atoms with Crippen LogP contribution in [0.2, 0.25) is 0 Å². The molecule has 0 aliphatic rings. The number of benzene rings is 2. The predicted octanol–water partition coefficient (Wildman–Crippen LogP) is 2.10. The van der Waals surface area contributed by atoms with Gasteiger partial charge in [-0.3, -0.25) is 9.59 Å². The lowest BCUT2D eigenvalue weighted by molar-refractivity contribution is -0.127. The number of hydrogen-bond donors (Lipinski definition) is 2. The van der Waals surface area contributed by atoms with Crippen molar-refractivity contribution in [3.05, 3.63) is 71.5 Å². The molecule has 0 saturated heterocycles. The molecule has 0 fully saturated rings. The first-order chi connectivity index (χ1) is 10.6. The van der Waals surface area contributed by atoms with Gasteiger partial charge in [0.2, 0.25) is 11.8 Å². The largest absolute Gasteiger partial charge is 0.368 e. The maximum Gasteiger partial charge on any atom is 0.244 e. The minimum atomic E-state index is -0.880. The van der Waals surface area contributed by atoms with E-state index in [1.807, 2.05) is 6.07 Å². The summed E-state index contributed by atoms with van der Waals surface area (Å²) in [5.41, 5.74) is 6.42. The average molecular weight is 300 g/mol. The molecule has 2 rings (SSSR count). The van der Waals surface area contributed by atoms with E-state index >= 15 is 0 Å². The van der Waals surface area contributed by atoms with E-state index < -0.39 is 11.9 Å². The van der Waals surface area contributed by atoms with Gasteiger partial charge in [-0.15, -0.1) is 0 Å². The zero-order valence-corrected chi connectivity index (χ0v) is 12.0.